The van der Waals surface area contributed by atoms with E-state index in [0.29, 0.717) is 17.6 Å². The maximum absolute atomic E-state index is 12.5. The lowest BCUT2D eigenvalue weighted by atomic mass is 10.0. The molecule has 1 amide bonds. The van der Waals surface area contributed by atoms with Crippen molar-refractivity contribution in [3.63, 3.8) is 0 Å². The predicted molar refractivity (Wildman–Crippen MR) is 110 cm³/mol. The first-order chi connectivity index (χ1) is 13.0. The molecule has 138 valence electrons. The number of anilines is 3. The molecule has 5 nitrogen and oxygen atoms in total. The molecule has 0 aliphatic rings. The summed E-state index contributed by atoms with van der Waals surface area (Å²) in [6.07, 6.45) is 2.57. The van der Waals surface area contributed by atoms with Crippen LogP contribution in [0.25, 0.3) is 0 Å². The van der Waals surface area contributed by atoms with E-state index in [0.717, 1.165) is 17.8 Å². The molecule has 3 aromatic rings. The molecule has 1 heterocycles. The molecule has 0 fully saturated rings. The first-order valence-electron chi connectivity index (χ1n) is 9.15. The van der Waals surface area contributed by atoms with Crippen LogP contribution >= 0.6 is 0 Å². The van der Waals surface area contributed by atoms with E-state index >= 15 is 0 Å². The minimum absolute atomic E-state index is 0.265. The van der Waals surface area contributed by atoms with Crippen molar-refractivity contribution < 1.29 is 4.79 Å². The Bertz CT molecular complexity index is 902. The standard InChI is InChI=1S/C22H24N4O/c1-4-16-5-9-19(10-6-16)25-22-23-14-13-20(26-22)21(27)24-18-11-7-17(8-12-18)15(2)3/h5-15H,4H2,1-3H3,(H,24,27)(H,23,25,26). The van der Waals surface area contributed by atoms with Crippen LogP contribution < -0.4 is 10.6 Å². The lowest BCUT2D eigenvalue weighted by molar-refractivity contribution is 0.102. The van der Waals surface area contributed by atoms with Gasteiger partial charge in [0.15, 0.2) is 0 Å². The molecule has 0 bridgehead atoms. The molecule has 3 rings (SSSR count). The minimum atomic E-state index is -0.265. The molecule has 0 unspecified atom stereocenters. The molecule has 0 saturated carbocycles. The molecular formula is C22H24N4O. The van der Waals surface area contributed by atoms with Crippen molar-refractivity contribution in [2.24, 2.45) is 0 Å². The van der Waals surface area contributed by atoms with E-state index in [4.69, 9.17) is 0 Å². The van der Waals surface area contributed by atoms with Crippen molar-refractivity contribution >= 4 is 23.2 Å². The highest BCUT2D eigenvalue weighted by molar-refractivity contribution is 6.03. The van der Waals surface area contributed by atoms with Crippen LogP contribution in [0.3, 0.4) is 0 Å². The number of nitrogens with zero attached hydrogens (tertiary/aromatic N) is 2. The Labute approximate surface area is 159 Å². The fourth-order valence-corrected chi connectivity index (χ4v) is 2.64. The van der Waals surface area contributed by atoms with Gasteiger partial charge in [0.1, 0.15) is 5.69 Å². The normalized spacial score (nSPS) is 10.7. The number of carbonyl (C=O) groups is 1. The zero-order chi connectivity index (χ0) is 19.2. The van der Waals surface area contributed by atoms with Gasteiger partial charge in [-0.3, -0.25) is 4.79 Å². The van der Waals surface area contributed by atoms with Crippen LogP contribution in [-0.4, -0.2) is 15.9 Å². The van der Waals surface area contributed by atoms with Gasteiger partial charge in [-0.05, 0) is 53.8 Å². The Morgan fingerprint density at radius 3 is 2.26 bits per heavy atom. The molecule has 2 N–H and O–H groups in total. The van der Waals surface area contributed by atoms with Crippen molar-refractivity contribution in [3.05, 3.63) is 77.6 Å². The maximum atomic E-state index is 12.5. The number of benzene rings is 2. The Hall–Kier alpha value is -3.21. The number of aromatic nitrogens is 2. The van der Waals surface area contributed by atoms with Gasteiger partial charge in [-0.1, -0.05) is 45.0 Å². The van der Waals surface area contributed by atoms with E-state index in [1.807, 2.05) is 36.4 Å². The number of hydrogen-bond acceptors (Lipinski definition) is 4. The van der Waals surface area contributed by atoms with E-state index in [2.05, 4.69) is 53.5 Å². The SMILES string of the molecule is CCc1ccc(Nc2nccc(C(=O)Nc3ccc(C(C)C)cc3)n2)cc1. The number of nitrogens with one attached hydrogen (secondary N) is 2. The van der Waals surface area contributed by atoms with Crippen molar-refractivity contribution in [2.45, 2.75) is 33.1 Å². The monoisotopic (exact) mass is 360 g/mol. The summed E-state index contributed by atoms with van der Waals surface area (Å²) in [6, 6.07) is 17.5. The molecular weight excluding hydrogens is 336 g/mol. The van der Waals surface area contributed by atoms with Gasteiger partial charge in [0.2, 0.25) is 5.95 Å². The van der Waals surface area contributed by atoms with Crippen LogP contribution in [0.2, 0.25) is 0 Å². The second-order valence-electron chi connectivity index (χ2n) is 6.67. The Kier molecular flexibility index (Phi) is 5.81. The third-order valence-corrected chi connectivity index (χ3v) is 4.34. The summed E-state index contributed by atoms with van der Waals surface area (Å²) in [5.74, 6) is 0.581. The second kappa shape index (κ2) is 8.45. The summed E-state index contributed by atoms with van der Waals surface area (Å²) in [5, 5.41) is 6.01. The van der Waals surface area contributed by atoms with Crippen LogP contribution in [0, 0.1) is 0 Å². The molecule has 1 aromatic heterocycles. The van der Waals surface area contributed by atoms with Gasteiger partial charge in [-0.15, -0.1) is 0 Å². The fourth-order valence-electron chi connectivity index (χ4n) is 2.64. The lowest BCUT2D eigenvalue weighted by Crippen LogP contribution is -2.14. The first kappa shape index (κ1) is 18.6. The number of aryl methyl sites for hydroxylation is 1. The van der Waals surface area contributed by atoms with Gasteiger partial charge in [-0.25, -0.2) is 9.97 Å². The molecule has 2 aromatic carbocycles. The average molecular weight is 360 g/mol. The molecule has 5 heteroatoms. The van der Waals surface area contributed by atoms with Gasteiger partial charge < -0.3 is 10.6 Å². The molecule has 0 spiro atoms. The summed E-state index contributed by atoms with van der Waals surface area (Å²) in [5.41, 5.74) is 4.43. The van der Waals surface area contributed by atoms with Crippen molar-refractivity contribution in [1.29, 1.82) is 0 Å². The van der Waals surface area contributed by atoms with Crippen LogP contribution in [0.1, 0.15) is 48.3 Å². The summed E-state index contributed by atoms with van der Waals surface area (Å²) in [7, 11) is 0. The predicted octanol–water partition coefficient (Wildman–Crippen LogP) is 5.16. The minimum Gasteiger partial charge on any atom is -0.324 e. The number of rotatable bonds is 6. The van der Waals surface area contributed by atoms with Crippen molar-refractivity contribution in [3.8, 4) is 0 Å². The Balaban J connectivity index is 1.69. The number of carbonyl (C=O) groups excluding carboxylic acids is 1. The van der Waals surface area contributed by atoms with Gasteiger partial charge >= 0.3 is 0 Å². The topological polar surface area (TPSA) is 66.9 Å². The van der Waals surface area contributed by atoms with Crippen LogP contribution in [0.5, 0.6) is 0 Å². The van der Waals surface area contributed by atoms with Gasteiger partial charge in [0.25, 0.3) is 5.91 Å². The van der Waals surface area contributed by atoms with Gasteiger partial charge in [0.05, 0.1) is 0 Å². The highest BCUT2D eigenvalue weighted by Crippen LogP contribution is 2.18. The summed E-state index contributed by atoms with van der Waals surface area (Å²) in [4.78, 5) is 21.0. The van der Waals surface area contributed by atoms with E-state index in [1.165, 1.54) is 11.1 Å². The fraction of sp³-hybridized carbons (Fsp3) is 0.227. The van der Waals surface area contributed by atoms with E-state index in [1.54, 1.807) is 12.3 Å². The Morgan fingerprint density at radius 1 is 0.963 bits per heavy atom. The van der Waals surface area contributed by atoms with Crippen LogP contribution in [0.4, 0.5) is 17.3 Å². The van der Waals surface area contributed by atoms with Crippen molar-refractivity contribution in [2.75, 3.05) is 10.6 Å². The largest absolute Gasteiger partial charge is 0.324 e. The summed E-state index contributed by atoms with van der Waals surface area (Å²) < 4.78 is 0. The zero-order valence-corrected chi connectivity index (χ0v) is 15.9. The lowest BCUT2D eigenvalue weighted by Gasteiger charge is -2.09. The highest BCUT2D eigenvalue weighted by Gasteiger charge is 2.10. The molecule has 0 aliphatic heterocycles. The van der Waals surface area contributed by atoms with E-state index < -0.39 is 0 Å². The second-order valence-corrected chi connectivity index (χ2v) is 6.67. The Morgan fingerprint density at radius 2 is 1.63 bits per heavy atom. The van der Waals surface area contributed by atoms with Gasteiger partial charge in [-0.2, -0.15) is 0 Å². The zero-order valence-electron chi connectivity index (χ0n) is 15.9. The van der Waals surface area contributed by atoms with Crippen LogP contribution in [0.15, 0.2) is 60.8 Å². The first-order valence-corrected chi connectivity index (χ1v) is 9.15. The van der Waals surface area contributed by atoms with E-state index in [-0.39, 0.29) is 5.91 Å². The molecule has 0 atom stereocenters. The number of amides is 1. The third-order valence-electron chi connectivity index (χ3n) is 4.34. The maximum Gasteiger partial charge on any atom is 0.274 e. The van der Waals surface area contributed by atoms with Crippen LogP contribution in [-0.2, 0) is 6.42 Å². The average Bonchev–Trinajstić information content (AvgIpc) is 2.69. The van der Waals surface area contributed by atoms with Gasteiger partial charge in [0, 0.05) is 17.6 Å². The smallest absolute Gasteiger partial charge is 0.274 e. The quantitative estimate of drug-likeness (QED) is 0.637. The molecule has 0 aliphatic carbocycles. The van der Waals surface area contributed by atoms with E-state index in [9.17, 15) is 4.79 Å². The highest BCUT2D eigenvalue weighted by atomic mass is 16.1. The summed E-state index contributed by atoms with van der Waals surface area (Å²) in [6.45, 7) is 6.39. The third kappa shape index (κ3) is 4.91. The molecule has 27 heavy (non-hydrogen) atoms. The van der Waals surface area contributed by atoms with Crippen molar-refractivity contribution in [1.82, 2.24) is 9.97 Å². The summed E-state index contributed by atoms with van der Waals surface area (Å²) >= 11 is 0. The molecule has 0 saturated heterocycles. The number of hydrogen-bond donors (Lipinski definition) is 2. The molecule has 0 radical (unpaired) electrons.